The minimum absolute atomic E-state index is 0. The smallest absolute Gasteiger partial charge is 0.691 e. The van der Waals surface area contributed by atoms with Gasteiger partial charge in [0.2, 0.25) is 0 Å². The van der Waals surface area contributed by atoms with Gasteiger partial charge in [-0.05, 0) is 24.3 Å². The Hall–Kier alpha value is 0.840. The summed E-state index contributed by atoms with van der Waals surface area (Å²) >= 11 is 3.74. The molecule has 0 unspecified atom stereocenters. The molecule has 0 saturated carbocycles. The van der Waals surface area contributed by atoms with Gasteiger partial charge in [0.05, 0.1) is 23.5 Å². The van der Waals surface area contributed by atoms with Crippen LogP contribution in [0, 0.1) is 0 Å². The minimum atomic E-state index is -3.73. The first-order valence-electron chi connectivity index (χ1n) is 4.29. The molecular formula is C8H8BrNaO6S2. The molecule has 0 aromatic heterocycles. The van der Waals surface area contributed by atoms with Crippen LogP contribution in [0.15, 0.2) is 34.1 Å². The van der Waals surface area contributed by atoms with E-state index >= 15 is 0 Å². The molecule has 0 aliphatic rings. The summed E-state index contributed by atoms with van der Waals surface area (Å²) in [6.07, 6.45) is 0. The summed E-state index contributed by atoms with van der Waals surface area (Å²) in [6, 6.07) is 5.63. The van der Waals surface area contributed by atoms with Crippen molar-refractivity contribution in [1.29, 1.82) is 0 Å². The van der Waals surface area contributed by atoms with Crippen LogP contribution in [0.2, 0.25) is 0 Å². The number of hydrogen-bond donors (Lipinski definition) is 0. The maximum Gasteiger partial charge on any atom is 1.00 e. The van der Waals surface area contributed by atoms with Gasteiger partial charge < -0.3 is 5.26 Å². The maximum atomic E-state index is 11.6. The van der Waals surface area contributed by atoms with Gasteiger partial charge in [-0.3, -0.25) is 9.22 Å². The second kappa shape index (κ2) is 9.70. The number of benzene rings is 1. The molecule has 0 heterocycles. The van der Waals surface area contributed by atoms with Crippen molar-refractivity contribution in [2.24, 2.45) is 0 Å². The van der Waals surface area contributed by atoms with E-state index in [0.717, 1.165) is 0 Å². The Bertz CT molecular complexity index is 437. The number of alkyl halides is 1. The van der Waals surface area contributed by atoms with Gasteiger partial charge in [-0.25, -0.2) is 0 Å². The normalized spacial score (nSPS) is 11.0. The molecule has 0 aliphatic carbocycles. The van der Waals surface area contributed by atoms with Gasteiger partial charge >= 0.3 is 29.6 Å². The summed E-state index contributed by atoms with van der Waals surface area (Å²) in [7, 11) is -3.73. The van der Waals surface area contributed by atoms with E-state index in [9.17, 15) is 13.7 Å². The Morgan fingerprint density at radius 3 is 2.39 bits per heavy atom. The summed E-state index contributed by atoms with van der Waals surface area (Å²) in [4.78, 5) is 0.561. The summed E-state index contributed by atoms with van der Waals surface area (Å²) in [5.41, 5.74) is 0. The molecule has 0 aliphatic heterocycles. The molecule has 96 valence electrons. The van der Waals surface area contributed by atoms with E-state index in [1.54, 1.807) is 0 Å². The first-order valence-corrected chi connectivity index (χ1v) is 7.56. The van der Waals surface area contributed by atoms with Crippen molar-refractivity contribution in [1.82, 2.24) is 0 Å². The average molecular weight is 367 g/mol. The molecule has 18 heavy (non-hydrogen) atoms. The van der Waals surface area contributed by atoms with Gasteiger partial charge in [-0.2, -0.15) is 12.8 Å². The van der Waals surface area contributed by atoms with Crippen molar-refractivity contribution in [3.63, 3.8) is 0 Å². The molecule has 0 bridgehead atoms. The van der Waals surface area contributed by atoms with E-state index in [0.29, 0.717) is 22.3 Å². The van der Waals surface area contributed by atoms with Crippen LogP contribution in [-0.2, 0) is 23.7 Å². The molecule has 1 aromatic carbocycles. The molecule has 0 spiro atoms. The largest absolute Gasteiger partial charge is 1.00 e. The molecule has 1 rings (SSSR count). The van der Waals surface area contributed by atoms with Crippen molar-refractivity contribution in [2.45, 2.75) is 9.79 Å². The molecule has 0 N–H and O–H groups in total. The minimum Gasteiger partial charge on any atom is -0.691 e. The van der Waals surface area contributed by atoms with Gasteiger partial charge in [-0.1, -0.05) is 15.9 Å². The molecule has 0 radical (unpaired) electrons. The molecule has 1 aromatic rings. The first-order chi connectivity index (χ1) is 8.10. The zero-order chi connectivity index (χ0) is 12.7. The fraction of sp³-hybridized carbons (Fsp3) is 0.250. The van der Waals surface area contributed by atoms with Crippen LogP contribution >= 0.6 is 28.0 Å². The summed E-state index contributed by atoms with van der Waals surface area (Å²) in [6.45, 7) is 0.0615. The van der Waals surface area contributed by atoms with Crippen LogP contribution in [0.3, 0.4) is 0 Å². The van der Waals surface area contributed by atoms with Crippen LogP contribution < -0.4 is 34.8 Å². The van der Waals surface area contributed by atoms with Crippen LogP contribution in [-0.4, -0.2) is 20.4 Å². The fourth-order valence-electron chi connectivity index (χ4n) is 0.924. The molecule has 0 atom stereocenters. The number of halogens is 1. The van der Waals surface area contributed by atoms with E-state index < -0.39 is 10.1 Å². The summed E-state index contributed by atoms with van der Waals surface area (Å²) < 4.78 is 31.9. The summed E-state index contributed by atoms with van der Waals surface area (Å²) in [5, 5.41) is 13.2. The third-order valence-corrected chi connectivity index (χ3v) is 3.82. The van der Waals surface area contributed by atoms with Crippen LogP contribution in [0.5, 0.6) is 0 Å². The molecular weight excluding hydrogens is 359 g/mol. The second-order valence-corrected chi connectivity index (χ2v) is 5.84. The van der Waals surface area contributed by atoms with Crippen molar-refractivity contribution >= 4 is 38.1 Å². The van der Waals surface area contributed by atoms with E-state index in [4.69, 9.17) is 4.18 Å². The average Bonchev–Trinajstić information content (AvgIpc) is 2.34. The van der Waals surface area contributed by atoms with Gasteiger partial charge in [0.25, 0.3) is 10.1 Å². The Morgan fingerprint density at radius 2 is 1.89 bits per heavy atom. The standard InChI is InChI=1S/C8H9BrO6S2.Na/c9-5-6-13-17(11,12)8-3-1-7(2-4-8)16-15-14-10;/h1-4,10H,5-6H2;/q;+1/p-1. The van der Waals surface area contributed by atoms with Crippen molar-refractivity contribution in [2.75, 3.05) is 11.9 Å². The zero-order valence-electron chi connectivity index (χ0n) is 9.37. The van der Waals surface area contributed by atoms with Gasteiger partial charge in [0, 0.05) is 10.2 Å². The third kappa shape index (κ3) is 6.33. The molecule has 10 heteroatoms. The first kappa shape index (κ1) is 18.8. The summed E-state index contributed by atoms with van der Waals surface area (Å²) in [5.74, 6) is 0. The maximum absolute atomic E-state index is 11.6. The van der Waals surface area contributed by atoms with E-state index in [1.807, 2.05) is 0 Å². The molecule has 6 nitrogen and oxygen atoms in total. The second-order valence-electron chi connectivity index (χ2n) is 2.66. The Kier molecular flexibility index (Phi) is 10.2. The topological polar surface area (TPSA) is 84.9 Å². The van der Waals surface area contributed by atoms with Crippen LogP contribution in [0.25, 0.3) is 0 Å². The number of hydrogen-bond acceptors (Lipinski definition) is 7. The van der Waals surface area contributed by atoms with Gasteiger partial charge in [-0.15, -0.1) is 0 Å². The van der Waals surface area contributed by atoms with Crippen molar-refractivity contribution in [3.8, 4) is 0 Å². The van der Waals surface area contributed by atoms with Crippen molar-refractivity contribution < 1.29 is 56.8 Å². The van der Waals surface area contributed by atoms with Gasteiger partial charge in [0.15, 0.2) is 0 Å². The van der Waals surface area contributed by atoms with Crippen LogP contribution in [0.1, 0.15) is 0 Å². The predicted octanol–water partition coefficient (Wildman–Crippen LogP) is -1.98. The monoisotopic (exact) mass is 366 g/mol. The van der Waals surface area contributed by atoms with Crippen LogP contribution in [0.4, 0.5) is 0 Å². The third-order valence-electron chi connectivity index (χ3n) is 1.59. The van der Waals surface area contributed by atoms with E-state index in [1.165, 1.54) is 24.3 Å². The number of rotatable bonds is 7. The molecule has 0 saturated heterocycles. The SMILES string of the molecule is O=S(=O)(OCCBr)c1ccc(SOO[O-])cc1.[Na+]. The molecule has 0 amide bonds. The Balaban J connectivity index is 0.00000289. The molecule has 0 fully saturated rings. The van der Waals surface area contributed by atoms with Gasteiger partial charge in [0.1, 0.15) is 0 Å². The Morgan fingerprint density at radius 1 is 1.28 bits per heavy atom. The quantitative estimate of drug-likeness (QED) is 0.138. The fourth-order valence-corrected chi connectivity index (χ4v) is 2.56. The van der Waals surface area contributed by atoms with Crippen molar-refractivity contribution in [3.05, 3.63) is 24.3 Å². The predicted molar refractivity (Wildman–Crippen MR) is 61.4 cm³/mol. The van der Waals surface area contributed by atoms with E-state index in [-0.39, 0.29) is 41.1 Å². The zero-order valence-corrected chi connectivity index (χ0v) is 14.6. The Labute approximate surface area is 140 Å². The van der Waals surface area contributed by atoms with E-state index in [2.05, 4.69) is 25.3 Å².